The van der Waals surface area contributed by atoms with E-state index in [4.69, 9.17) is 4.42 Å². The molecule has 0 bridgehead atoms. The predicted molar refractivity (Wildman–Crippen MR) is 137 cm³/mol. The highest BCUT2D eigenvalue weighted by molar-refractivity contribution is 5.96. The van der Waals surface area contributed by atoms with Crippen LogP contribution in [0.5, 0.6) is 0 Å². The van der Waals surface area contributed by atoms with E-state index in [-0.39, 0.29) is 11.9 Å². The number of rotatable bonds is 5. The summed E-state index contributed by atoms with van der Waals surface area (Å²) in [5.41, 5.74) is 4.62. The lowest BCUT2D eigenvalue weighted by molar-refractivity contribution is 0.0877. The second-order valence-corrected chi connectivity index (χ2v) is 10.1. The van der Waals surface area contributed by atoms with E-state index >= 15 is 0 Å². The standard InChI is InChI=1S/C30H36N2O2/c1-21-8-6-7-11-27(21)23-16-18-32(19-17-23)26-14-12-25(13-15-26)31-30(33)28-20-29(34-22(28)2)24-9-4-3-5-10-24/h3-11,20,23,25-26H,12-19H2,1-2H3,(H,31,33). The highest BCUT2D eigenvalue weighted by Crippen LogP contribution is 2.33. The van der Waals surface area contributed by atoms with Crippen molar-refractivity contribution in [2.24, 2.45) is 0 Å². The van der Waals surface area contributed by atoms with Gasteiger partial charge in [-0.05, 0) is 88.6 Å². The molecule has 5 rings (SSSR count). The van der Waals surface area contributed by atoms with Gasteiger partial charge in [-0.3, -0.25) is 4.79 Å². The van der Waals surface area contributed by atoms with Crippen LogP contribution in [0, 0.1) is 13.8 Å². The molecule has 1 N–H and O–H groups in total. The average Bonchev–Trinajstić information content (AvgIpc) is 3.27. The molecule has 4 nitrogen and oxygen atoms in total. The minimum absolute atomic E-state index is 0.00840. The van der Waals surface area contributed by atoms with E-state index in [1.807, 2.05) is 43.3 Å². The van der Waals surface area contributed by atoms with Crippen molar-refractivity contribution in [1.82, 2.24) is 10.2 Å². The van der Waals surface area contributed by atoms with Gasteiger partial charge in [-0.2, -0.15) is 0 Å². The normalized spacial score (nSPS) is 21.9. The summed E-state index contributed by atoms with van der Waals surface area (Å²) in [5.74, 6) is 2.13. The number of carbonyl (C=O) groups excluding carboxylic acids is 1. The first-order chi connectivity index (χ1) is 16.6. The van der Waals surface area contributed by atoms with Gasteiger partial charge in [-0.15, -0.1) is 0 Å². The number of aryl methyl sites for hydroxylation is 2. The minimum atomic E-state index is -0.00840. The van der Waals surface area contributed by atoms with Gasteiger partial charge in [0.1, 0.15) is 11.5 Å². The van der Waals surface area contributed by atoms with Gasteiger partial charge in [0.05, 0.1) is 5.56 Å². The molecule has 2 aromatic carbocycles. The number of carbonyl (C=O) groups is 1. The monoisotopic (exact) mass is 456 g/mol. The summed E-state index contributed by atoms with van der Waals surface area (Å²) in [6.45, 7) is 6.50. The predicted octanol–water partition coefficient (Wildman–Crippen LogP) is 6.48. The summed E-state index contributed by atoms with van der Waals surface area (Å²) in [4.78, 5) is 15.7. The van der Waals surface area contributed by atoms with Crippen LogP contribution < -0.4 is 5.32 Å². The molecular weight excluding hydrogens is 420 g/mol. The SMILES string of the molecule is Cc1ccccc1C1CCN(C2CCC(NC(=O)c3cc(-c4ccccc4)oc3C)CC2)CC1. The van der Waals surface area contributed by atoms with E-state index in [2.05, 4.69) is 41.4 Å². The zero-order valence-electron chi connectivity index (χ0n) is 20.4. The fraction of sp³-hybridized carbons (Fsp3) is 0.433. The molecule has 1 saturated heterocycles. The summed E-state index contributed by atoms with van der Waals surface area (Å²) in [6.07, 6.45) is 6.95. The molecule has 0 atom stereocenters. The van der Waals surface area contributed by atoms with Crippen LogP contribution >= 0.6 is 0 Å². The summed E-state index contributed by atoms with van der Waals surface area (Å²) in [6, 6.07) is 21.6. The van der Waals surface area contributed by atoms with E-state index in [0.29, 0.717) is 23.3 Å². The van der Waals surface area contributed by atoms with Crippen LogP contribution in [0.25, 0.3) is 11.3 Å². The Morgan fingerprint density at radius 1 is 0.882 bits per heavy atom. The topological polar surface area (TPSA) is 45.5 Å². The average molecular weight is 457 g/mol. The van der Waals surface area contributed by atoms with E-state index < -0.39 is 0 Å². The fourth-order valence-corrected chi connectivity index (χ4v) is 5.92. The van der Waals surface area contributed by atoms with Crippen molar-refractivity contribution in [3.63, 3.8) is 0 Å². The van der Waals surface area contributed by atoms with Gasteiger partial charge >= 0.3 is 0 Å². The Labute approximate surface area is 203 Å². The second-order valence-electron chi connectivity index (χ2n) is 10.1. The molecular formula is C30H36N2O2. The molecule has 1 aromatic heterocycles. The van der Waals surface area contributed by atoms with Crippen LogP contribution in [0.3, 0.4) is 0 Å². The van der Waals surface area contributed by atoms with Gasteiger partial charge in [0.25, 0.3) is 5.91 Å². The van der Waals surface area contributed by atoms with Gasteiger partial charge in [0, 0.05) is 17.6 Å². The molecule has 0 radical (unpaired) electrons. The smallest absolute Gasteiger partial charge is 0.255 e. The van der Waals surface area contributed by atoms with Gasteiger partial charge in [-0.25, -0.2) is 0 Å². The van der Waals surface area contributed by atoms with E-state index in [9.17, 15) is 4.79 Å². The van der Waals surface area contributed by atoms with Crippen LogP contribution in [0.4, 0.5) is 0 Å². The molecule has 2 fully saturated rings. The molecule has 3 aromatic rings. The molecule has 34 heavy (non-hydrogen) atoms. The van der Waals surface area contributed by atoms with Crippen LogP contribution in [-0.2, 0) is 0 Å². The maximum absolute atomic E-state index is 13.0. The van der Waals surface area contributed by atoms with E-state index in [1.165, 1.54) is 44.3 Å². The summed E-state index contributed by atoms with van der Waals surface area (Å²) in [7, 11) is 0. The second kappa shape index (κ2) is 10.2. The highest BCUT2D eigenvalue weighted by Gasteiger charge is 2.30. The third kappa shape index (κ3) is 4.97. The zero-order chi connectivity index (χ0) is 23.5. The van der Waals surface area contributed by atoms with Crippen LogP contribution in [0.15, 0.2) is 65.1 Å². The number of hydrogen-bond acceptors (Lipinski definition) is 3. The van der Waals surface area contributed by atoms with Crippen LogP contribution in [-0.4, -0.2) is 36.0 Å². The first kappa shape index (κ1) is 22.9. The van der Waals surface area contributed by atoms with Gasteiger partial charge in [0.15, 0.2) is 0 Å². The highest BCUT2D eigenvalue weighted by atomic mass is 16.3. The third-order valence-electron chi connectivity index (χ3n) is 7.93. The number of nitrogens with zero attached hydrogens (tertiary/aromatic N) is 1. The fourth-order valence-electron chi connectivity index (χ4n) is 5.92. The summed E-state index contributed by atoms with van der Waals surface area (Å²) < 4.78 is 5.89. The van der Waals surface area contributed by atoms with Gasteiger partial charge in [-0.1, -0.05) is 54.6 Å². The third-order valence-corrected chi connectivity index (χ3v) is 7.93. The summed E-state index contributed by atoms with van der Waals surface area (Å²) in [5, 5.41) is 3.28. The number of nitrogens with one attached hydrogen (secondary N) is 1. The Kier molecular flexibility index (Phi) is 6.87. The van der Waals surface area contributed by atoms with Crippen LogP contribution in [0.1, 0.15) is 71.7 Å². The van der Waals surface area contributed by atoms with E-state index in [0.717, 1.165) is 24.2 Å². The zero-order valence-corrected chi connectivity index (χ0v) is 20.4. The van der Waals surface area contributed by atoms with Crippen molar-refractivity contribution in [1.29, 1.82) is 0 Å². The molecule has 0 unspecified atom stereocenters. The number of likely N-dealkylation sites (tertiary alicyclic amines) is 1. The largest absolute Gasteiger partial charge is 0.461 e. The first-order valence-corrected chi connectivity index (χ1v) is 12.8. The Morgan fingerprint density at radius 3 is 2.26 bits per heavy atom. The van der Waals surface area contributed by atoms with Crippen molar-refractivity contribution < 1.29 is 9.21 Å². The van der Waals surface area contributed by atoms with Crippen molar-refractivity contribution in [2.75, 3.05) is 13.1 Å². The number of furan rings is 1. The lowest BCUT2D eigenvalue weighted by atomic mass is 9.84. The molecule has 178 valence electrons. The van der Waals surface area contributed by atoms with Crippen molar-refractivity contribution in [2.45, 2.75) is 70.4 Å². The Bertz CT molecular complexity index is 1100. The van der Waals surface area contributed by atoms with Gasteiger partial charge in [0.2, 0.25) is 0 Å². The number of benzene rings is 2. The van der Waals surface area contributed by atoms with E-state index in [1.54, 1.807) is 5.56 Å². The minimum Gasteiger partial charge on any atom is -0.461 e. The number of piperidine rings is 1. The molecule has 0 spiro atoms. The lowest BCUT2D eigenvalue weighted by Gasteiger charge is -2.41. The molecule has 1 aliphatic heterocycles. The number of hydrogen-bond donors (Lipinski definition) is 1. The Hall–Kier alpha value is -2.85. The maximum Gasteiger partial charge on any atom is 0.255 e. The molecule has 1 aliphatic carbocycles. The van der Waals surface area contributed by atoms with Gasteiger partial charge < -0.3 is 14.6 Å². The summed E-state index contributed by atoms with van der Waals surface area (Å²) >= 11 is 0. The lowest BCUT2D eigenvalue weighted by Crippen LogP contribution is -2.46. The first-order valence-electron chi connectivity index (χ1n) is 12.8. The molecule has 2 aliphatic rings. The van der Waals surface area contributed by atoms with Crippen molar-refractivity contribution in [3.05, 3.63) is 83.1 Å². The molecule has 1 saturated carbocycles. The molecule has 1 amide bonds. The Balaban J connectivity index is 1.11. The van der Waals surface area contributed by atoms with Crippen LogP contribution in [0.2, 0.25) is 0 Å². The quantitative estimate of drug-likeness (QED) is 0.478. The van der Waals surface area contributed by atoms with Crippen molar-refractivity contribution >= 4 is 5.91 Å². The molecule has 2 heterocycles. The number of amides is 1. The molecule has 4 heteroatoms. The Morgan fingerprint density at radius 2 is 1.56 bits per heavy atom. The van der Waals surface area contributed by atoms with Crippen molar-refractivity contribution in [3.8, 4) is 11.3 Å². The maximum atomic E-state index is 13.0.